The number of hydrogen-bond acceptors (Lipinski definition) is 3. The number of rotatable bonds is 1. The van der Waals surface area contributed by atoms with E-state index in [1.165, 1.54) is 0 Å². The van der Waals surface area contributed by atoms with Gasteiger partial charge in [-0.25, -0.2) is 0 Å². The second kappa shape index (κ2) is 5.54. The molecule has 3 nitrogen and oxygen atoms in total. The average molecular weight is 219 g/mol. The fourth-order valence-corrected chi connectivity index (χ4v) is 1.69. The van der Waals surface area contributed by atoms with Crippen molar-refractivity contribution in [2.45, 2.75) is 26.8 Å². The first-order valence-corrected chi connectivity index (χ1v) is 5.61. The molecule has 3 heteroatoms. The molecule has 0 unspecified atom stereocenters. The zero-order valence-corrected chi connectivity index (χ0v) is 10.5. The van der Waals surface area contributed by atoms with Crippen molar-refractivity contribution in [1.29, 1.82) is 0 Å². The molecule has 0 saturated carbocycles. The molecule has 0 aliphatic carbocycles. The van der Waals surface area contributed by atoms with E-state index >= 15 is 0 Å². The first-order chi connectivity index (χ1) is 7.52. The predicted molar refractivity (Wildman–Crippen MR) is 70.4 cm³/mol. The minimum Gasteiger partial charge on any atom is -0.368 e. The standard InChI is InChI=1S/C13H21N3/c1-10(2)16-7-6-14-15-9-11(3)8-12(4)13(16)5/h8-10,14H,3,5-7H2,1-2,4H3/b12-8?,15-9-. The molecule has 0 aromatic rings. The first-order valence-electron chi connectivity index (χ1n) is 5.61. The molecule has 1 rings (SSSR count). The maximum absolute atomic E-state index is 4.15. The Labute approximate surface area is 98.2 Å². The van der Waals surface area contributed by atoms with Gasteiger partial charge in [-0.05, 0) is 38.0 Å². The maximum Gasteiger partial charge on any atom is 0.0534 e. The number of hydrazone groups is 1. The van der Waals surface area contributed by atoms with Gasteiger partial charge in [0.1, 0.15) is 0 Å². The molecule has 0 bridgehead atoms. The van der Waals surface area contributed by atoms with E-state index in [0.717, 1.165) is 29.9 Å². The lowest BCUT2D eigenvalue weighted by molar-refractivity contribution is 0.289. The Morgan fingerprint density at radius 1 is 1.44 bits per heavy atom. The minimum atomic E-state index is 0.439. The van der Waals surface area contributed by atoms with Crippen LogP contribution < -0.4 is 5.43 Å². The normalized spacial score (nSPS) is 20.5. The molecule has 88 valence electrons. The van der Waals surface area contributed by atoms with Gasteiger partial charge in [0.2, 0.25) is 0 Å². The minimum absolute atomic E-state index is 0.439. The van der Waals surface area contributed by atoms with Gasteiger partial charge in [0, 0.05) is 18.3 Å². The van der Waals surface area contributed by atoms with Crippen molar-refractivity contribution < 1.29 is 0 Å². The van der Waals surface area contributed by atoms with Gasteiger partial charge in [-0.1, -0.05) is 13.2 Å². The van der Waals surface area contributed by atoms with Crippen molar-refractivity contribution in [3.63, 3.8) is 0 Å². The van der Waals surface area contributed by atoms with Crippen molar-refractivity contribution in [2.24, 2.45) is 5.10 Å². The summed E-state index contributed by atoms with van der Waals surface area (Å²) in [6.45, 7) is 16.2. The molecule has 0 amide bonds. The molecular formula is C13H21N3. The summed E-state index contributed by atoms with van der Waals surface area (Å²) in [6.07, 6.45) is 3.75. The van der Waals surface area contributed by atoms with Crippen molar-refractivity contribution in [1.82, 2.24) is 10.3 Å². The highest BCUT2D eigenvalue weighted by molar-refractivity contribution is 5.81. The molecule has 1 heterocycles. The van der Waals surface area contributed by atoms with Crippen molar-refractivity contribution in [2.75, 3.05) is 13.1 Å². The van der Waals surface area contributed by atoms with Crippen LogP contribution in [0.4, 0.5) is 0 Å². The third-order valence-electron chi connectivity index (χ3n) is 2.61. The number of allylic oxidation sites excluding steroid dienone is 3. The number of nitrogens with one attached hydrogen (secondary N) is 1. The van der Waals surface area contributed by atoms with E-state index < -0.39 is 0 Å². The Bertz CT molecular complexity index is 337. The Kier molecular flexibility index (Phi) is 4.35. The topological polar surface area (TPSA) is 27.6 Å². The molecule has 0 atom stereocenters. The molecule has 0 aromatic carbocycles. The Morgan fingerprint density at radius 3 is 2.75 bits per heavy atom. The molecule has 0 saturated heterocycles. The van der Waals surface area contributed by atoms with Crippen molar-refractivity contribution in [3.8, 4) is 0 Å². The highest BCUT2D eigenvalue weighted by Gasteiger charge is 2.12. The van der Waals surface area contributed by atoms with Crippen LogP contribution in [0.15, 0.2) is 41.2 Å². The largest absolute Gasteiger partial charge is 0.368 e. The molecular weight excluding hydrogens is 198 g/mol. The van der Waals surface area contributed by atoms with Gasteiger partial charge in [-0.15, -0.1) is 0 Å². The summed E-state index contributed by atoms with van der Waals surface area (Å²) in [5, 5.41) is 4.09. The van der Waals surface area contributed by atoms with Crippen LogP contribution in [0, 0.1) is 0 Å². The van der Waals surface area contributed by atoms with Crippen molar-refractivity contribution >= 4 is 6.21 Å². The lowest BCUT2D eigenvalue weighted by atomic mass is 10.1. The molecule has 1 aliphatic heterocycles. The Hall–Kier alpha value is -1.51. The average Bonchev–Trinajstić information content (AvgIpc) is 2.20. The zero-order chi connectivity index (χ0) is 12.1. The van der Waals surface area contributed by atoms with Gasteiger partial charge in [0.25, 0.3) is 0 Å². The second-order valence-electron chi connectivity index (χ2n) is 4.30. The Morgan fingerprint density at radius 2 is 2.12 bits per heavy atom. The van der Waals surface area contributed by atoms with Gasteiger partial charge in [0.15, 0.2) is 0 Å². The second-order valence-corrected chi connectivity index (χ2v) is 4.30. The summed E-state index contributed by atoms with van der Waals surface area (Å²) >= 11 is 0. The number of nitrogens with zero attached hydrogens (tertiary/aromatic N) is 2. The summed E-state index contributed by atoms with van der Waals surface area (Å²) in [4.78, 5) is 2.27. The lowest BCUT2D eigenvalue weighted by Gasteiger charge is -2.31. The van der Waals surface area contributed by atoms with Gasteiger partial charge >= 0.3 is 0 Å². The SMILES string of the molecule is C=C1C=C(C)C(=C)N(C(C)C)CCN/N=C\1. The van der Waals surface area contributed by atoms with E-state index in [2.05, 4.69) is 49.4 Å². The quantitative estimate of drug-likeness (QED) is 0.733. The summed E-state index contributed by atoms with van der Waals surface area (Å²) in [6, 6.07) is 0.439. The van der Waals surface area contributed by atoms with E-state index in [1.807, 2.05) is 6.08 Å². The van der Waals surface area contributed by atoms with Gasteiger partial charge in [-0.2, -0.15) is 5.10 Å². The van der Waals surface area contributed by atoms with Crippen LogP contribution in [-0.2, 0) is 0 Å². The van der Waals surface area contributed by atoms with Crippen LogP contribution in [0.2, 0.25) is 0 Å². The molecule has 0 spiro atoms. The molecule has 0 radical (unpaired) electrons. The molecule has 0 aromatic heterocycles. The van der Waals surface area contributed by atoms with Crippen LogP contribution >= 0.6 is 0 Å². The highest BCUT2D eigenvalue weighted by Crippen LogP contribution is 2.17. The fourth-order valence-electron chi connectivity index (χ4n) is 1.69. The summed E-state index contributed by atoms with van der Waals surface area (Å²) in [5.74, 6) is 0. The summed E-state index contributed by atoms with van der Waals surface area (Å²) < 4.78 is 0. The third kappa shape index (κ3) is 3.26. The first kappa shape index (κ1) is 12.6. The van der Waals surface area contributed by atoms with Crippen LogP contribution in [0.3, 0.4) is 0 Å². The van der Waals surface area contributed by atoms with E-state index in [-0.39, 0.29) is 0 Å². The van der Waals surface area contributed by atoms with Crippen LogP contribution in [0.5, 0.6) is 0 Å². The Balaban J connectivity index is 2.94. The molecule has 0 fully saturated rings. The maximum atomic E-state index is 4.15. The van der Waals surface area contributed by atoms with Gasteiger partial charge in [-0.3, -0.25) is 0 Å². The smallest absolute Gasteiger partial charge is 0.0534 e. The molecule has 16 heavy (non-hydrogen) atoms. The number of hydrogen-bond donors (Lipinski definition) is 1. The van der Waals surface area contributed by atoms with Crippen LogP contribution in [-0.4, -0.2) is 30.2 Å². The lowest BCUT2D eigenvalue weighted by Crippen LogP contribution is -2.35. The summed E-state index contributed by atoms with van der Waals surface area (Å²) in [5.41, 5.74) is 6.10. The van der Waals surface area contributed by atoms with Crippen molar-refractivity contribution in [3.05, 3.63) is 36.1 Å². The fraction of sp³-hybridized carbons (Fsp3) is 0.462. The van der Waals surface area contributed by atoms with Crippen LogP contribution in [0.25, 0.3) is 0 Å². The molecule has 1 N–H and O–H groups in total. The predicted octanol–water partition coefficient (Wildman–Crippen LogP) is 2.30. The zero-order valence-electron chi connectivity index (χ0n) is 10.5. The van der Waals surface area contributed by atoms with E-state index in [4.69, 9.17) is 0 Å². The summed E-state index contributed by atoms with van der Waals surface area (Å²) in [7, 11) is 0. The van der Waals surface area contributed by atoms with E-state index in [9.17, 15) is 0 Å². The molecule has 1 aliphatic rings. The highest BCUT2D eigenvalue weighted by atomic mass is 15.3. The van der Waals surface area contributed by atoms with E-state index in [1.54, 1.807) is 6.21 Å². The third-order valence-corrected chi connectivity index (χ3v) is 2.61. The van der Waals surface area contributed by atoms with Gasteiger partial charge in [0.05, 0.1) is 12.8 Å². The monoisotopic (exact) mass is 219 g/mol. The van der Waals surface area contributed by atoms with Gasteiger partial charge < -0.3 is 10.3 Å². The van der Waals surface area contributed by atoms with E-state index in [0.29, 0.717) is 6.04 Å². The van der Waals surface area contributed by atoms with Crippen LogP contribution in [0.1, 0.15) is 20.8 Å².